The van der Waals surface area contributed by atoms with Gasteiger partial charge in [0.1, 0.15) is 12.4 Å². The second kappa shape index (κ2) is 10.5. The average Bonchev–Trinajstić information content (AvgIpc) is 2.64. The summed E-state index contributed by atoms with van der Waals surface area (Å²) >= 11 is 7.46. The molecule has 1 N–H and O–H groups in total. The lowest BCUT2D eigenvalue weighted by atomic mass is 10.0. The standard InChI is InChI=1S/C21H26ClNO2S/c1-4-20(26-17-11-9-16(22)10-12-17)21(24)23-13-14-25-19-8-6-5-7-18(19)15(2)3/h5-12,15,20H,4,13-14H2,1-3H3,(H,23,24). The van der Waals surface area contributed by atoms with Crippen LogP contribution in [0.4, 0.5) is 0 Å². The number of hydrogen-bond acceptors (Lipinski definition) is 3. The van der Waals surface area contributed by atoms with E-state index in [0.717, 1.165) is 17.1 Å². The number of ether oxygens (including phenoxy) is 1. The van der Waals surface area contributed by atoms with Gasteiger partial charge in [0.05, 0.1) is 11.8 Å². The fourth-order valence-corrected chi connectivity index (χ4v) is 3.64. The van der Waals surface area contributed by atoms with Crippen molar-refractivity contribution in [3.05, 3.63) is 59.1 Å². The van der Waals surface area contributed by atoms with Crippen molar-refractivity contribution in [3.63, 3.8) is 0 Å². The summed E-state index contributed by atoms with van der Waals surface area (Å²) in [5.41, 5.74) is 1.18. The molecule has 0 aromatic heterocycles. The Morgan fingerprint density at radius 2 is 1.85 bits per heavy atom. The number of halogens is 1. The van der Waals surface area contributed by atoms with Crippen molar-refractivity contribution < 1.29 is 9.53 Å². The van der Waals surface area contributed by atoms with Crippen molar-refractivity contribution in [1.82, 2.24) is 5.32 Å². The molecule has 3 nitrogen and oxygen atoms in total. The summed E-state index contributed by atoms with van der Waals surface area (Å²) in [7, 11) is 0. The molecule has 0 heterocycles. The molecule has 140 valence electrons. The van der Waals surface area contributed by atoms with Crippen molar-refractivity contribution >= 4 is 29.3 Å². The fraction of sp³-hybridized carbons (Fsp3) is 0.381. The first kappa shape index (κ1) is 20.7. The van der Waals surface area contributed by atoms with Crippen LogP contribution in [0.1, 0.15) is 38.7 Å². The van der Waals surface area contributed by atoms with Gasteiger partial charge in [-0.25, -0.2) is 0 Å². The molecule has 0 aliphatic rings. The number of benzene rings is 2. The van der Waals surface area contributed by atoms with Crippen LogP contribution in [0.3, 0.4) is 0 Å². The molecular weight excluding hydrogens is 366 g/mol. The maximum atomic E-state index is 12.4. The SMILES string of the molecule is CCC(Sc1ccc(Cl)cc1)C(=O)NCCOc1ccccc1C(C)C. The van der Waals surface area contributed by atoms with Crippen molar-refractivity contribution in [2.24, 2.45) is 0 Å². The molecule has 1 atom stereocenters. The number of carbonyl (C=O) groups is 1. The number of para-hydroxylation sites is 1. The van der Waals surface area contributed by atoms with Crippen molar-refractivity contribution in [3.8, 4) is 5.75 Å². The highest BCUT2D eigenvalue weighted by atomic mass is 35.5. The first-order valence-electron chi connectivity index (χ1n) is 8.93. The van der Waals surface area contributed by atoms with Gasteiger partial charge in [-0.05, 0) is 48.2 Å². The van der Waals surface area contributed by atoms with Crippen LogP contribution in [0, 0.1) is 0 Å². The molecule has 2 aromatic rings. The highest BCUT2D eigenvalue weighted by Gasteiger charge is 2.17. The summed E-state index contributed by atoms with van der Waals surface area (Å²) in [5, 5.41) is 3.55. The zero-order valence-corrected chi connectivity index (χ0v) is 17.1. The minimum Gasteiger partial charge on any atom is -0.491 e. The molecule has 0 bridgehead atoms. The molecule has 0 fully saturated rings. The molecule has 1 amide bonds. The van der Waals surface area contributed by atoms with Gasteiger partial charge in [-0.15, -0.1) is 11.8 Å². The van der Waals surface area contributed by atoms with E-state index in [-0.39, 0.29) is 11.2 Å². The van der Waals surface area contributed by atoms with Gasteiger partial charge in [-0.3, -0.25) is 4.79 Å². The van der Waals surface area contributed by atoms with Crippen LogP contribution in [0.25, 0.3) is 0 Å². The quantitative estimate of drug-likeness (QED) is 0.451. The second-order valence-corrected chi connectivity index (χ2v) is 8.01. The van der Waals surface area contributed by atoms with Gasteiger partial charge < -0.3 is 10.1 Å². The molecule has 2 rings (SSSR count). The van der Waals surface area contributed by atoms with Crippen LogP contribution in [-0.2, 0) is 4.79 Å². The third kappa shape index (κ3) is 6.26. The number of nitrogens with one attached hydrogen (secondary N) is 1. The van der Waals surface area contributed by atoms with Crippen LogP contribution < -0.4 is 10.1 Å². The Morgan fingerprint density at radius 3 is 2.50 bits per heavy atom. The monoisotopic (exact) mass is 391 g/mol. The van der Waals surface area contributed by atoms with Crippen LogP contribution in [0.5, 0.6) is 5.75 Å². The van der Waals surface area contributed by atoms with Crippen LogP contribution in [0.15, 0.2) is 53.4 Å². The van der Waals surface area contributed by atoms with Gasteiger partial charge in [0, 0.05) is 9.92 Å². The third-order valence-corrected chi connectivity index (χ3v) is 5.58. The van der Waals surface area contributed by atoms with Gasteiger partial charge in [0.2, 0.25) is 5.91 Å². The molecule has 2 aromatic carbocycles. The highest BCUT2D eigenvalue weighted by molar-refractivity contribution is 8.00. The largest absolute Gasteiger partial charge is 0.491 e. The van der Waals surface area contributed by atoms with Crippen molar-refractivity contribution in [2.75, 3.05) is 13.2 Å². The summed E-state index contributed by atoms with van der Waals surface area (Å²) in [5.74, 6) is 1.33. The van der Waals surface area contributed by atoms with E-state index in [0.29, 0.717) is 24.1 Å². The fourth-order valence-electron chi connectivity index (χ4n) is 2.54. The maximum Gasteiger partial charge on any atom is 0.233 e. The molecule has 0 aliphatic carbocycles. The van der Waals surface area contributed by atoms with E-state index >= 15 is 0 Å². The Hall–Kier alpha value is -1.65. The van der Waals surface area contributed by atoms with E-state index in [1.807, 2.05) is 49.4 Å². The number of hydrogen-bond donors (Lipinski definition) is 1. The normalized spacial score (nSPS) is 12.0. The predicted molar refractivity (Wildman–Crippen MR) is 110 cm³/mol. The zero-order valence-electron chi connectivity index (χ0n) is 15.5. The summed E-state index contributed by atoms with van der Waals surface area (Å²) in [4.78, 5) is 13.5. The van der Waals surface area contributed by atoms with Crippen LogP contribution in [-0.4, -0.2) is 24.3 Å². The Bertz CT molecular complexity index is 703. The molecule has 0 spiro atoms. The van der Waals surface area contributed by atoms with Crippen molar-refractivity contribution in [1.29, 1.82) is 0 Å². The lowest BCUT2D eigenvalue weighted by Gasteiger charge is -2.16. The first-order valence-corrected chi connectivity index (χ1v) is 10.2. The number of rotatable bonds is 9. The van der Waals surface area contributed by atoms with Gasteiger partial charge in [-0.1, -0.05) is 50.6 Å². The number of thioether (sulfide) groups is 1. The Labute approximate surface area is 165 Å². The molecule has 0 saturated heterocycles. The molecule has 26 heavy (non-hydrogen) atoms. The summed E-state index contributed by atoms with van der Waals surface area (Å²) in [6.45, 7) is 7.25. The van der Waals surface area contributed by atoms with E-state index in [4.69, 9.17) is 16.3 Å². The number of amides is 1. The summed E-state index contributed by atoms with van der Waals surface area (Å²) in [6.07, 6.45) is 0.760. The maximum absolute atomic E-state index is 12.4. The Balaban J connectivity index is 1.81. The third-order valence-electron chi connectivity index (χ3n) is 3.96. The minimum atomic E-state index is -0.126. The minimum absolute atomic E-state index is 0.0354. The molecule has 1 unspecified atom stereocenters. The van der Waals surface area contributed by atoms with Gasteiger partial charge >= 0.3 is 0 Å². The zero-order chi connectivity index (χ0) is 18.9. The Morgan fingerprint density at radius 1 is 1.15 bits per heavy atom. The van der Waals surface area contributed by atoms with Gasteiger partial charge in [0.25, 0.3) is 0 Å². The first-order chi connectivity index (χ1) is 12.5. The summed E-state index contributed by atoms with van der Waals surface area (Å²) < 4.78 is 5.86. The molecule has 0 saturated carbocycles. The Kier molecular flexibility index (Phi) is 8.33. The van der Waals surface area contributed by atoms with E-state index in [1.54, 1.807) is 11.8 Å². The van der Waals surface area contributed by atoms with Gasteiger partial charge in [0.15, 0.2) is 0 Å². The lowest BCUT2D eigenvalue weighted by molar-refractivity contribution is -0.120. The predicted octanol–water partition coefficient (Wildman–Crippen LogP) is 5.53. The smallest absolute Gasteiger partial charge is 0.233 e. The molecule has 0 radical (unpaired) electrons. The summed E-state index contributed by atoms with van der Waals surface area (Å²) in [6, 6.07) is 15.6. The highest BCUT2D eigenvalue weighted by Crippen LogP contribution is 2.27. The van der Waals surface area contributed by atoms with Crippen LogP contribution in [0.2, 0.25) is 5.02 Å². The lowest BCUT2D eigenvalue weighted by Crippen LogP contribution is -2.35. The van der Waals surface area contributed by atoms with E-state index in [1.165, 1.54) is 5.56 Å². The molecule has 5 heteroatoms. The van der Waals surface area contributed by atoms with Gasteiger partial charge in [-0.2, -0.15) is 0 Å². The number of carbonyl (C=O) groups excluding carboxylic acids is 1. The van der Waals surface area contributed by atoms with E-state index in [2.05, 4.69) is 25.2 Å². The molecule has 0 aliphatic heterocycles. The average molecular weight is 392 g/mol. The van der Waals surface area contributed by atoms with E-state index < -0.39 is 0 Å². The topological polar surface area (TPSA) is 38.3 Å². The molecular formula is C21H26ClNO2S. The van der Waals surface area contributed by atoms with E-state index in [9.17, 15) is 4.79 Å². The van der Waals surface area contributed by atoms with Crippen LogP contribution >= 0.6 is 23.4 Å². The van der Waals surface area contributed by atoms with Crippen molar-refractivity contribution in [2.45, 2.75) is 43.3 Å². The second-order valence-electron chi connectivity index (χ2n) is 6.30.